The van der Waals surface area contributed by atoms with E-state index in [1.54, 1.807) is 19.1 Å². The predicted molar refractivity (Wildman–Crippen MR) is 87.7 cm³/mol. The summed E-state index contributed by atoms with van der Waals surface area (Å²) in [5.74, 6) is 0.0960. The molecule has 3 nitrogen and oxygen atoms in total. The molecule has 0 heterocycles. The molecule has 2 aromatic rings. The molecular weight excluding hydrogens is 306 g/mol. The molecule has 0 amide bonds. The van der Waals surface area contributed by atoms with Crippen LogP contribution >= 0.6 is 11.6 Å². The van der Waals surface area contributed by atoms with Gasteiger partial charge < -0.3 is 4.90 Å². The second-order valence-corrected chi connectivity index (χ2v) is 7.54. The number of benzene rings is 2. The molecule has 0 unspecified atom stereocenters. The minimum atomic E-state index is -3.24. The molecule has 21 heavy (non-hydrogen) atoms. The molecule has 0 spiro atoms. The Morgan fingerprint density at radius 1 is 1.05 bits per heavy atom. The molecule has 0 aromatic heterocycles. The fourth-order valence-corrected chi connectivity index (χ4v) is 3.41. The van der Waals surface area contributed by atoms with Gasteiger partial charge in [0.1, 0.15) is 0 Å². The van der Waals surface area contributed by atoms with Gasteiger partial charge in [-0.2, -0.15) is 0 Å². The van der Waals surface area contributed by atoms with Crippen LogP contribution in [0.4, 0.5) is 5.69 Å². The zero-order chi connectivity index (χ0) is 15.5. The highest BCUT2D eigenvalue weighted by Crippen LogP contribution is 2.26. The van der Waals surface area contributed by atoms with Crippen molar-refractivity contribution < 1.29 is 8.42 Å². The number of anilines is 1. The summed E-state index contributed by atoms with van der Waals surface area (Å²) in [6, 6.07) is 14.6. The zero-order valence-electron chi connectivity index (χ0n) is 12.1. The molecule has 2 aromatic carbocycles. The van der Waals surface area contributed by atoms with E-state index in [-0.39, 0.29) is 5.75 Å². The summed E-state index contributed by atoms with van der Waals surface area (Å²) in [4.78, 5) is 2.31. The van der Waals surface area contributed by atoms with Gasteiger partial charge in [0.25, 0.3) is 0 Å². The summed E-state index contributed by atoms with van der Waals surface area (Å²) >= 11 is 5.88. The first-order valence-corrected chi connectivity index (χ1v) is 8.74. The van der Waals surface area contributed by atoms with Crippen LogP contribution in [0, 0.1) is 0 Å². The van der Waals surface area contributed by atoms with E-state index in [4.69, 9.17) is 11.6 Å². The Morgan fingerprint density at radius 2 is 1.67 bits per heavy atom. The Labute approximate surface area is 131 Å². The minimum absolute atomic E-state index is 0.0960. The lowest BCUT2D eigenvalue weighted by atomic mass is 10.2. The van der Waals surface area contributed by atoms with Gasteiger partial charge in [0, 0.05) is 18.6 Å². The first-order chi connectivity index (χ1) is 9.94. The Bertz CT molecular complexity index is 711. The fraction of sp³-hybridized carbons (Fsp3) is 0.250. The van der Waals surface area contributed by atoms with Crippen LogP contribution in [-0.2, 0) is 16.4 Å². The Hall–Kier alpha value is -1.52. The van der Waals surface area contributed by atoms with Crippen molar-refractivity contribution in [2.45, 2.75) is 18.4 Å². The Kier molecular flexibility index (Phi) is 4.91. The van der Waals surface area contributed by atoms with E-state index >= 15 is 0 Å². The van der Waals surface area contributed by atoms with Gasteiger partial charge >= 0.3 is 0 Å². The van der Waals surface area contributed by atoms with E-state index in [2.05, 4.69) is 0 Å². The van der Waals surface area contributed by atoms with Gasteiger partial charge in [0.05, 0.1) is 16.3 Å². The third kappa shape index (κ3) is 3.77. The summed E-state index contributed by atoms with van der Waals surface area (Å²) in [6.45, 7) is 2.28. The summed E-state index contributed by atoms with van der Waals surface area (Å²) in [5.41, 5.74) is 1.79. The average Bonchev–Trinajstić information content (AvgIpc) is 2.49. The van der Waals surface area contributed by atoms with Crippen LogP contribution in [0.15, 0.2) is 53.4 Å². The zero-order valence-corrected chi connectivity index (χ0v) is 13.7. The van der Waals surface area contributed by atoms with Gasteiger partial charge in [-0.1, -0.05) is 42.8 Å². The van der Waals surface area contributed by atoms with Gasteiger partial charge in [-0.15, -0.1) is 0 Å². The number of para-hydroxylation sites is 1. The fourth-order valence-electron chi connectivity index (χ4n) is 2.14. The van der Waals surface area contributed by atoms with E-state index < -0.39 is 9.84 Å². The van der Waals surface area contributed by atoms with Gasteiger partial charge in [0.2, 0.25) is 0 Å². The van der Waals surface area contributed by atoms with Crippen LogP contribution < -0.4 is 4.90 Å². The standard InChI is InChI=1S/C16H18ClNO2S/c1-3-21(19,20)16-7-5-4-6-15(16)18(2)12-13-8-10-14(17)11-9-13/h4-11H,3,12H2,1-2H3. The average molecular weight is 324 g/mol. The number of hydrogen-bond acceptors (Lipinski definition) is 3. The summed E-state index contributed by atoms with van der Waals surface area (Å²) in [7, 11) is -1.35. The van der Waals surface area contributed by atoms with E-state index in [1.807, 2.05) is 48.3 Å². The van der Waals surface area contributed by atoms with Crippen molar-refractivity contribution in [1.82, 2.24) is 0 Å². The van der Waals surface area contributed by atoms with Crippen molar-refractivity contribution >= 4 is 27.1 Å². The van der Waals surface area contributed by atoms with Crippen LogP contribution in [0.25, 0.3) is 0 Å². The van der Waals surface area contributed by atoms with E-state index in [0.717, 1.165) is 5.56 Å². The van der Waals surface area contributed by atoms with Crippen molar-refractivity contribution in [3.8, 4) is 0 Å². The first kappa shape index (κ1) is 15.9. The molecule has 0 fully saturated rings. The van der Waals surface area contributed by atoms with Crippen LogP contribution in [0.5, 0.6) is 0 Å². The van der Waals surface area contributed by atoms with Crippen LogP contribution in [0.3, 0.4) is 0 Å². The van der Waals surface area contributed by atoms with Crippen molar-refractivity contribution in [3.63, 3.8) is 0 Å². The summed E-state index contributed by atoms with van der Waals surface area (Å²) < 4.78 is 24.4. The van der Waals surface area contributed by atoms with E-state index in [9.17, 15) is 8.42 Å². The van der Waals surface area contributed by atoms with Crippen molar-refractivity contribution in [1.29, 1.82) is 0 Å². The molecule has 0 saturated heterocycles. The molecule has 0 saturated carbocycles. The van der Waals surface area contributed by atoms with Gasteiger partial charge in [-0.05, 0) is 29.8 Å². The second kappa shape index (κ2) is 6.50. The molecule has 0 atom stereocenters. The summed E-state index contributed by atoms with van der Waals surface area (Å²) in [6.07, 6.45) is 0. The monoisotopic (exact) mass is 323 g/mol. The first-order valence-electron chi connectivity index (χ1n) is 6.71. The highest BCUT2D eigenvalue weighted by molar-refractivity contribution is 7.91. The summed E-state index contributed by atoms with van der Waals surface area (Å²) in [5, 5.41) is 0.690. The Morgan fingerprint density at radius 3 is 2.29 bits per heavy atom. The smallest absolute Gasteiger partial charge is 0.180 e. The molecule has 5 heteroatoms. The third-order valence-electron chi connectivity index (χ3n) is 3.32. The molecular formula is C16H18ClNO2S. The van der Waals surface area contributed by atoms with Crippen molar-refractivity contribution in [3.05, 3.63) is 59.1 Å². The lowest BCUT2D eigenvalue weighted by Gasteiger charge is -2.22. The van der Waals surface area contributed by atoms with E-state index in [1.165, 1.54) is 0 Å². The predicted octanol–water partition coefficient (Wildman–Crippen LogP) is 3.77. The lowest BCUT2D eigenvalue weighted by Crippen LogP contribution is -2.19. The van der Waals surface area contributed by atoms with Gasteiger partial charge in [-0.25, -0.2) is 8.42 Å². The molecule has 2 rings (SSSR count). The maximum Gasteiger partial charge on any atom is 0.180 e. The number of nitrogens with zero attached hydrogens (tertiary/aromatic N) is 1. The van der Waals surface area contributed by atoms with Crippen LogP contribution in [-0.4, -0.2) is 21.2 Å². The number of rotatable bonds is 5. The van der Waals surface area contributed by atoms with Crippen LogP contribution in [0.1, 0.15) is 12.5 Å². The van der Waals surface area contributed by atoms with Gasteiger partial charge in [-0.3, -0.25) is 0 Å². The quantitative estimate of drug-likeness (QED) is 0.840. The van der Waals surface area contributed by atoms with Crippen molar-refractivity contribution in [2.24, 2.45) is 0 Å². The molecule has 0 N–H and O–H groups in total. The third-order valence-corrected chi connectivity index (χ3v) is 5.35. The lowest BCUT2D eigenvalue weighted by molar-refractivity contribution is 0.597. The molecule has 0 radical (unpaired) electrons. The normalized spacial score (nSPS) is 11.4. The highest BCUT2D eigenvalue weighted by Gasteiger charge is 2.18. The Balaban J connectivity index is 2.31. The minimum Gasteiger partial charge on any atom is -0.369 e. The number of halogens is 1. The highest BCUT2D eigenvalue weighted by atomic mass is 35.5. The molecule has 0 aliphatic rings. The maximum atomic E-state index is 12.2. The number of sulfone groups is 1. The van der Waals surface area contributed by atoms with Gasteiger partial charge in [0.15, 0.2) is 9.84 Å². The van der Waals surface area contributed by atoms with Crippen LogP contribution in [0.2, 0.25) is 5.02 Å². The molecule has 112 valence electrons. The SMILES string of the molecule is CCS(=O)(=O)c1ccccc1N(C)Cc1ccc(Cl)cc1. The number of hydrogen-bond donors (Lipinski definition) is 0. The molecule has 0 bridgehead atoms. The maximum absolute atomic E-state index is 12.2. The molecule has 0 aliphatic heterocycles. The van der Waals surface area contributed by atoms with Crippen molar-refractivity contribution in [2.75, 3.05) is 17.7 Å². The topological polar surface area (TPSA) is 37.4 Å². The second-order valence-electron chi connectivity index (χ2n) is 4.85. The largest absolute Gasteiger partial charge is 0.369 e. The van der Waals surface area contributed by atoms with E-state index in [0.29, 0.717) is 22.2 Å². The molecule has 0 aliphatic carbocycles.